The summed E-state index contributed by atoms with van der Waals surface area (Å²) in [4.78, 5) is 11.4. The van der Waals surface area contributed by atoms with Gasteiger partial charge in [0.1, 0.15) is 16.4 Å². The lowest BCUT2D eigenvalue weighted by molar-refractivity contribution is 0.518. The second-order valence-electron chi connectivity index (χ2n) is 4.83. The number of hydrogen-bond donors (Lipinski definition) is 2. The Morgan fingerprint density at radius 2 is 2.19 bits per heavy atom. The second-order valence-corrected chi connectivity index (χ2v) is 6.07. The highest BCUT2D eigenvalue weighted by atomic mass is 32.1. The molecule has 3 rings (SSSR count). The normalized spacial score (nSPS) is 11.0. The number of hydrogen-bond acceptors (Lipinski definition) is 6. The summed E-state index contributed by atoms with van der Waals surface area (Å²) in [7, 11) is 0. The SMILES string of the molecule is CCCNc1nc(NCc2ccco2)c2cc(C)sc2n1. The van der Waals surface area contributed by atoms with Gasteiger partial charge < -0.3 is 15.1 Å². The van der Waals surface area contributed by atoms with Crippen LogP contribution in [0.3, 0.4) is 0 Å². The molecule has 3 heterocycles. The van der Waals surface area contributed by atoms with Gasteiger partial charge in [-0.25, -0.2) is 4.98 Å². The van der Waals surface area contributed by atoms with Gasteiger partial charge in [0, 0.05) is 11.4 Å². The summed E-state index contributed by atoms with van der Waals surface area (Å²) in [6.07, 6.45) is 2.72. The van der Waals surface area contributed by atoms with Gasteiger partial charge in [0.05, 0.1) is 18.2 Å². The summed E-state index contributed by atoms with van der Waals surface area (Å²) in [5.74, 6) is 2.41. The van der Waals surface area contributed by atoms with E-state index in [9.17, 15) is 0 Å². The van der Waals surface area contributed by atoms with Gasteiger partial charge in [0.2, 0.25) is 5.95 Å². The molecule has 0 amide bonds. The van der Waals surface area contributed by atoms with Crippen molar-refractivity contribution in [3.05, 3.63) is 35.1 Å². The molecule has 0 saturated carbocycles. The number of rotatable bonds is 6. The Balaban J connectivity index is 1.89. The standard InChI is InChI=1S/C15H18N4OS/c1-3-6-16-15-18-13(17-9-11-5-4-7-20-11)12-8-10(2)21-14(12)19-15/h4-5,7-8H,3,6,9H2,1-2H3,(H2,16,17,18,19). The van der Waals surface area contributed by atoms with Crippen LogP contribution in [0.5, 0.6) is 0 Å². The molecule has 0 unspecified atom stereocenters. The van der Waals surface area contributed by atoms with Crippen molar-refractivity contribution in [2.45, 2.75) is 26.8 Å². The molecular formula is C15H18N4OS. The van der Waals surface area contributed by atoms with E-state index in [1.807, 2.05) is 12.1 Å². The molecule has 6 heteroatoms. The van der Waals surface area contributed by atoms with Crippen molar-refractivity contribution in [1.29, 1.82) is 0 Å². The van der Waals surface area contributed by atoms with E-state index < -0.39 is 0 Å². The van der Waals surface area contributed by atoms with Gasteiger partial charge >= 0.3 is 0 Å². The number of nitrogens with one attached hydrogen (secondary N) is 2. The lowest BCUT2D eigenvalue weighted by Crippen LogP contribution is -2.07. The van der Waals surface area contributed by atoms with Crippen LogP contribution in [0, 0.1) is 6.92 Å². The topological polar surface area (TPSA) is 63.0 Å². The molecule has 0 atom stereocenters. The van der Waals surface area contributed by atoms with Gasteiger partial charge in [-0.05, 0) is 31.5 Å². The monoisotopic (exact) mass is 302 g/mol. The van der Waals surface area contributed by atoms with Crippen molar-refractivity contribution >= 4 is 33.3 Å². The molecule has 0 saturated heterocycles. The van der Waals surface area contributed by atoms with E-state index in [0.29, 0.717) is 12.5 Å². The third-order valence-corrected chi connectivity index (χ3v) is 4.00. The van der Waals surface area contributed by atoms with Crippen LogP contribution in [-0.4, -0.2) is 16.5 Å². The largest absolute Gasteiger partial charge is 0.467 e. The molecule has 5 nitrogen and oxygen atoms in total. The minimum Gasteiger partial charge on any atom is -0.467 e. The molecule has 0 fully saturated rings. The van der Waals surface area contributed by atoms with Crippen molar-refractivity contribution in [1.82, 2.24) is 9.97 Å². The predicted molar refractivity (Wildman–Crippen MR) is 87.0 cm³/mol. The molecule has 0 aliphatic rings. The minimum absolute atomic E-state index is 0.612. The number of furan rings is 1. The Bertz CT molecular complexity index is 721. The molecule has 21 heavy (non-hydrogen) atoms. The number of aryl methyl sites for hydroxylation is 1. The summed E-state index contributed by atoms with van der Waals surface area (Å²) >= 11 is 1.68. The van der Waals surface area contributed by atoms with Crippen LogP contribution in [-0.2, 0) is 6.54 Å². The molecule has 0 aliphatic heterocycles. The predicted octanol–water partition coefficient (Wildman–Crippen LogP) is 4.03. The third kappa shape index (κ3) is 3.16. The fraction of sp³-hybridized carbons (Fsp3) is 0.333. The van der Waals surface area contributed by atoms with Crippen LogP contribution in [0.25, 0.3) is 10.2 Å². The first-order valence-electron chi connectivity index (χ1n) is 7.04. The lowest BCUT2D eigenvalue weighted by Gasteiger charge is -2.08. The zero-order valence-electron chi connectivity index (χ0n) is 12.1. The molecule has 0 aromatic carbocycles. The highest BCUT2D eigenvalue weighted by Crippen LogP contribution is 2.29. The van der Waals surface area contributed by atoms with Gasteiger partial charge in [-0.3, -0.25) is 0 Å². The molecule has 2 N–H and O–H groups in total. The highest BCUT2D eigenvalue weighted by Gasteiger charge is 2.10. The van der Waals surface area contributed by atoms with E-state index in [4.69, 9.17) is 4.42 Å². The van der Waals surface area contributed by atoms with Gasteiger partial charge in [-0.15, -0.1) is 11.3 Å². The van der Waals surface area contributed by atoms with Gasteiger partial charge in [-0.2, -0.15) is 4.98 Å². The third-order valence-electron chi connectivity index (χ3n) is 3.06. The van der Waals surface area contributed by atoms with E-state index in [2.05, 4.69) is 40.5 Å². The molecule has 3 aromatic rings. The first-order valence-corrected chi connectivity index (χ1v) is 7.86. The van der Waals surface area contributed by atoms with Gasteiger partial charge in [-0.1, -0.05) is 6.92 Å². The Morgan fingerprint density at radius 1 is 1.29 bits per heavy atom. The fourth-order valence-corrected chi connectivity index (χ4v) is 2.96. The number of thiophene rings is 1. The Morgan fingerprint density at radius 3 is 2.95 bits per heavy atom. The Hall–Kier alpha value is -2.08. The fourth-order valence-electron chi connectivity index (χ4n) is 2.08. The van der Waals surface area contributed by atoms with E-state index in [0.717, 1.165) is 34.8 Å². The minimum atomic E-state index is 0.612. The highest BCUT2D eigenvalue weighted by molar-refractivity contribution is 7.18. The maximum Gasteiger partial charge on any atom is 0.226 e. The van der Waals surface area contributed by atoms with Crippen molar-refractivity contribution < 1.29 is 4.42 Å². The average Bonchev–Trinajstić information content (AvgIpc) is 3.10. The molecule has 0 spiro atoms. The molecule has 3 aromatic heterocycles. The summed E-state index contributed by atoms with van der Waals surface area (Å²) in [6.45, 7) is 5.69. The van der Waals surface area contributed by atoms with Crippen molar-refractivity contribution in [2.24, 2.45) is 0 Å². The Kier molecular flexibility index (Phi) is 4.06. The summed E-state index contributed by atoms with van der Waals surface area (Å²) in [6, 6.07) is 5.95. The summed E-state index contributed by atoms with van der Waals surface area (Å²) in [5, 5.41) is 7.65. The molecular weight excluding hydrogens is 284 g/mol. The molecule has 0 aliphatic carbocycles. The first-order chi connectivity index (χ1) is 10.3. The van der Waals surface area contributed by atoms with Crippen molar-refractivity contribution in [3.8, 4) is 0 Å². The summed E-state index contributed by atoms with van der Waals surface area (Å²) < 4.78 is 5.35. The van der Waals surface area contributed by atoms with Crippen LogP contribution >= 0.6 is 11.3 Å². The van der Waals surface area contributed by atoms with E-state index in [-0.39, 0.29) is 0 Å². The average molecular weight is 302 g/mol. The van der Waals surface area contributed by atoms with Crippen LogP contribution < -0.4 is 10.6 Å². The van der Waals surface area contributed by atoms with Crippen LogP contribution in [0.4, 0.5) is 11.8 Å². The van der Waals surface area contributed by atoms with Gasteiger partial charge in [0.15, 0.2) is 0 Å². The van der Waals surface area contributed by atoms with E-state index in [1.165, 1.54) is 4.88 Å². The first kappa shape index (κ1) is 13.9. The zero-order valence-corrected chi connectivity index (χ0v) is 13.0. The molecule has 0 radical (unpaired) electrons. The van der Waals surface area contributed by atoms with E-state index >= 15 is 0 Å². The maximum absolute atomic E-state index is 5.35. The summed E-state index contributed by atoms with van der Waals surface area (Å²) in [5.41, 5.74) is 0. The van der Waals surface area contributed by atoms with Crippen molar-refractivity contribution in [3.63, 3.8) is 0 Å². The number of nitrogens with zero attached hydrogens (tertiary/aromatic N) is 2. The molecule has 0 bridgehead atoms. The smallest absolute Gasteiger partial charge is 0.226 e. The van der Waals surface area contributed by atoms with Crippen molar-refractivity contribution in [2.75, 3.05) is 17.2 Å². The molecule has 110 valence electrons. The Labute approximate surface area is 127 Å². The maximum atomic E-state index is 5.35. The van der Waals surface area contributed by atoms with Gasteiger partial charge in [0.25, 0.3) is 0 Å². The van der Waals surface area contributed by atoms with Crippen LogP contribution in [0.1, 0.15) is 24.0 Å². The number of anilines is 2. The van der Waals surface area contributed by atoms with Crippen LogP contribution in [0.15, 0.2) is 28.9 Å². The second kappa shape index (κ2) is 6.13. The lowest BCUT2D eigenvalue weighted by atomic mass is 10.3. The quantitative estimate of drug-likeness (QED) is 0.720. The number of fused-ring (bicyclic) bond motifs is 1. The zero-order chi connectivity index (χ0) is 14.7. The van der Waals surface area contributed by atoms with E-state index in [1.54, 1.807) is 17.6 Å². The van der Waals surface area contributed by atoms with Crippen LogP contribution in [0.2, 0.25) is 0 Å². The number of aromatic nitrogens is 2.